The first kappa shape index (κ1) is 22.5. The normalized spacial score (nSPS) is 17.1. The molecule has 1 aliphatic heterocycles. The summed E-state index contributed by atoms with van der Waals surface area (Å²) in [7, 11) is 0. The van der Waals surface area contributed by atoms with Crippen molar-refractivity contribution < 1.29 is 14.4 Å². The largest absolute Gasteiger partial charge is 0.326 e. The fraction of sp³-hybridized carbons (Fsp3) is 0.250. The minimum atomic E-state index is -0.555. The molecule has 3 rings (SSSR count). The number of carbonyl (C=O) groups is 3. The van der Waals surface area contributed by atoms with E-state index in [1.54, 1.807) is 30.3 Å². The Kier molecular flexibility index (Phi) is 7.07. The average molecular weight is 436 g/mol. The van der Waals surface area contributed by atoms with Gasteiger partial charge in [-0.15, -0.1) is 6.58 Å². The number of ketones is 1. The highest BCUT2D eigenvalue weighted by atomic mass is 32.2. The Morgan fingerprint density at radius 1 is 1.19 bits per heavy atom. The van der Waals surface area contributed by atoms with Crippen LogP contribution in [0.5, 0.6) is 0 Å². The summed E-state index contributed by atoms with van der Waals surface area (Å²) >= 11 is 1.27. The van der Waals surface area contributed by atoms with Gasteiger partial charge in [-0.2, -0.15) is 0 Å². The molecule has 1 unspecified atom stereocenters. The van der Waals surface area contributed by atoms with Gasteiger partial charge < -0.3 is 5.32 Å². The molecule has 0 aromatic heterocycles. The average Bonchev–Trinajstić information content (AvgIpc) is 2.99. The maximum atomic E-state index is 12.9. The van der Waals surface area contributed by atoms with Crippen LogP contribution in [0.2, 0.25) is 0 Å². The first-order valence-corrected chi connectivity index (χ1v) is 10.8. The molecule has 31 heavy (non-hydrogen) atoms. The number of benzene rings is 2. The molecule has 0 spiro atoms. The van der Waals surface area contributed by atoms with Crippen LogP contribution in [0, 0.1) is 13.8 Å². The lowest BCUT2D eigenvalue weighted by Gasteiger charge is -2.14. The first-order chi connectivity index (χ1) is 14.8. The highest BCUT2D eigenvalue weighted by Crippen LogP contribution is 2.32. The van der Waals surface area contributed by atoms with Crippen LogP contribution in [0.3, 0.4) is 0 Å². The number of Topliss-reactive ketones (excluding diaryl/α,β-unsaturated/α-hetero) is 1. The van der Waals surface area contributed by atoms with Gasteiger partial charge >= 0.3 is 0 Å². The molecule has 1 atom stereocenters. The molecule has 0 radical (unpaired) electrons. The highest BCUT2D eigenvalue weighted by Gasteiger charge is 2.38. The lowest BCUT2D eigenvalue weighted by Crippen LogP contribution is -2.33. The molecule has 0 aliphatic carbocycles. The number of nitrogens with one attached hydrogen (secondary N) is 1. The highest BCUT2D eigenvalue weighted by molar-refractivity contribution is 8.15. The van der Waals surface area contributed by atoms with Crippen LogP contribution < -0.4 is 5.32 Å². The number of amidine groups is 1. The van der Waals surface area contributed by atoms with Crippen LogP contribution >= 0.6 is 11.8 Å². The van der Waals surface area contributed by atoms with Crippen LogP contribution in [0.25, 0.3) is 0 Å². The number of hydrogen-bond acceptors (Lipinski definition) is 5. The van der Waals surface area contributed by atoms with Crippen molar-refractivity contribution in [2.75, 3.05) is 11.9 Å². The predicted octanol–water partition coefficient (Wildman–Crippen LogP) is 4.65. The molecule has 2 aromatic rings. The number of aliphatic imine (C=N–C) groups is 1. The molecule has 7 heteroatoms. The number of rotatable bonds is 7. The lowest BCUT2D eigenvalue weighted by atomic mass is 10.1. The smallest absolute Gasteiger partial charge is 0.242 e. The van der Waals surface area contributed by atoms with E-state index in [0.717, 1.165) is 16.8 Å². The Labute approximate surface area is 186 Å². The van der Waals surface area contributed by atoms with Gasteiger partial charge in [-0.05, 0) is 56.7 Å². The van der Waals surface area contributed by atoms with Crippen molar-refractivity contribution in [2.24, 2.45) is 4.99 Å². The molecular weight excluding hydrogens is 410 g/mol. The number of carbonyl (C=O) groups excluding carboxylic acids is 3. The zero-order valence-corrected chi connectivity index (χ0v) is 18.7. The van der Waals surface area contributed by atoms with E-state index in [0.29, 0.717) is 23.0 Å². The van der Waals surface area contributed by atoms with Gasteiger partial charge in [0.25, 0.3) is 0 Å². The third-order valence-electron chi connectivity index (χ3n) is 4.86. The lowest BCUT2D eigenvalue weighted by molar-refractivity contribution is -0.127. The SMILES string of the molecule is C=CCN1C(=O)C(CC(=O)Nc2ccc(C)cc2C)SC1=Nc1ccc(C(C)=O)cc1. The van der Waals surface area contributed by atoms with E-state index in [1.807, 2.05) is 32.0 Å². The van der Waals surface area contributed by atoms with E-state index in [9.17, 15) is 14.4 Å². The van der Waals surface area contributed by atoms with Crippen molar-refractivity contribution in [3.8, 4) is 0 Å². The minimum absolute atomic E-state index is 0.0206. The molecule has 2 amide bonds. The molecule has 1 fully saturated rings. The van der Waals surface area contributed by atoms with Gasteiger partial charge in [-0.3, -0.25) is 19.3 Å². The van der Waals surface area contributed by atoms with Crippen molar-refractivity contribution in [1.29, 1.82) is 0 Å². The standard InChI is InChI=1S/C24H25N3O3S/c1-5-12-27-23(30)21(14-22(29)26-20-11-6-15(2)13-16(20)3)31-24(27)25-19-9-7-18(8-10-19)17(4)28/h5-11,13,21H,1,12,14H2,2-4H3,(H,26,29). The van der Waals surface area contributed by atoms with Crippen molar-refractivity contribution in [3.63, 3.8) is 0 Å². The van der Waals surface area contributed by atoms with Gasteiger partial charge in [0.15, 0.2) is 11.0 Å². The number of aryl methyl sites for hydroxylation is 2. The van der Waals surface area contributed by atoms with Gasteiger partial charge in [0.1, 0.15) is 5.25 Å². The molecule has 1 aliphatic rings. The molecule has 0 saturated carbocycles. The monoisotopic (exact) mass is 435 g/mol. The predicted molar refractivity (Wildman–Crippen MR) is 126 cm³/mol. The summed E-state index contributed by atoms with van der Waals surface area (Å²) in [5, 5.41) is 2.86. The Balaban J connectivity index is 1.74. The molecular formula is C24H25N3O3S. The third kappa shape index (κ3) is 5.49. The van der Waals surface area contributed by atoms with Crippen LogP contribution in [-0.2, 0) is 9.59 Å². The van der Waals surface area contributed by atoms with Gasteiger partial charge in [-0.1, -0.05) is 35.5 Å². The number of hydrogen-bond donors (Lipinski definition) is 1. The Morgan fingerprint density at radius 2 is 1.90 bits per heavy atom. The van der Waals surface area contributed by atoms with Gasteiger partial charge in [0.2, 0.25) is 11.8 Å². The first-order valence-electron chi connectivity index (χ1n) is 9.94. The van der Waals surface area contributed by atoms with Crippen LogP contribution in [0.15, 0.2) is 60.1 Å². The van der Waals surface area contributed by atoms with Crippen molar-refractivity contribution in [1.82, 2.24) is 4.90 Å². The summed E-state index contributed by atoms with van der Waals surface area (Å²) in [4.78, 5) is 43.0. The van der Waals surface area contributed by atoms with Crippen LogP contribution in [-0.4, -0.2) is 39.5 Å². The summed E-state index contributed by atoms with van der Waals surface area (Å²) in [6, 6.07) is 12.7. The minimum Gasteiger partial charge on any atom is -0.326 e. The molecule has 160 valence electrons. The summed E-state index contributed by atoms with van der Waals surface area (Å²) in [5.41, 5.74) is 4.07. The topological polar surface area (TPSA) is 78.8 Å². The van der Waals surface area contributed by atoms with Crippen molar-refractivity contribution >= 4 is 45.9 Å². The van der Waals surface area contributed by atoms with E-state index < -0.39 is 5.25 Å². The summed E-state index contributed by atoms with van der Waals surface area (Å²) in [5.74, 6) is -0.406. The van der Waals surface area contributed by atoms with E-state index in [2.05, 4.69) is 16.9 Å². The van der Waals surface area contributed by atoms with Gasteiger partial charge in [-0.25, -0.2) is 4.99 Å². The second-order valence-electron chi connectivity index (χ2n) is 7.41. The van der Waals surface area contributed by atoms with Crippen molar-refractivity contribution in [3.05, 3.63) is 71.8 Å². The zero-order chi connectivity index (χ0) is 22.5. The fourth-order valence-corrected chi connectivity index (χ4v) is 4.39. The second kappa shape index (κ2) is 9.75. The second-order valence-corrected chi connectivity index (χ2v) is 8.58. The quantitative estimate of drug-likeness (QED) is 0.507. The van der Waals surface area contributed by atoms with E-state index >= 15 is 0 Å². The van der Waals surface area contributed by atoms with Crippen molar-refractivity contribution in [2.45, 2.75) is 32.4 Å². The van der Waals surface area contributed by atoms with Gasteiger partial charge in [0.05, 0.1) is 5.69 Å². The van der Waals surface area contributed by atoms with Crippen LogP contribution in [0.1, 0.15) is 34.8 Å². The zero-order valence-electron chi connectivity index (χ0n) is 17.8. The molecule has 2 aromatic carbocycles. The summed E-state index contributed by atoms with van der Waals surface area (Å²) < 4.78 is 0. The maximum Gasteiger partial charge on any atom is 0.242 e. The maximum absolute atomic E-state index is 12.9. The fourth-order valence-electron chi connectivity index (χ4n) is 3.23. The molecule has 1 heterocycles. The third-order valence-corrected chi connectivity index (χ3v) is 6.03. The number of amides is 2. The molecule has 1 N–H and O–H groups in total. The molecule has 0 bridgehead atoms. The Bertz CT molecular complexity index is 1060. The van der Waals surface area contributed by atoms with E-state index in [1.165, 1.54) is 23.6 Å². The summed E-state index contributed by atoms with van der Waals surface area (Å²) in [6.45, 7) is 9.46. The van der Waals surface area contributed by atoms with Gasteiger partial charge in [0, 0.05) is 24.2 Å². The Hall–Kier alpha value is -3.19. The molecule has 1 saturated heterocycles. The number of nitrogens with zero attached hydrogens (tertiary/aromatic N) is 2. The number of thioether (sulfide) groups is 1. The molecule has 6 nitrogen and oxygen atoms in total. The Morgan fingerprint density at radius 3 is 2.52 bits per heavy atom. The van der Waals surface area contributed by atoms with E-state index in [-0.39, 0.29) is 24.0 Å². The summed E-state index contributed by atoms with van der Waals surface area (Å²) in [6.07, 6.45) is 1.68. The van der Waals surface area contributed by atoms with Crippen LogP contribution in [0.4, 0.5) is 11.4 Å². The van der Waals surface area contributed by atoms with E-state index in [4.69, 9.17) is 0 Å². The number of anilines is 1.